The van der Waals surface area contributed by atoms with Gasteiger partial charge in [0.1, 0.15) is 5.82 Å². The van der Waals surface area contributed by atoms with Gasteiger partial charge in [0.25, 0.3) is 0 Å². The van der Waals surface area contributed by atoms with Gasteiger partial charge in [-0.1, -0.05) is 0 Å². The molecule has 5 nitrogen and oxygen atoms in total. The molecule has 144 valence electrons. The zero-order valence-corrected chi connectivity index (χ0v) is 14.9. The van der Waals surface area contributed by atoms with E-state index in [2.05, 4.69) is 20.3 Å². The number of anilines is 2. The van der Waals surface area contributed by atoms with Gasteiger partial charge in [0.05, 0.1) is 5.56 Å². The van der Waals surface area contributed by atoms with Crippen molar-refractivity contribution in [2.45, 2.75) is 31.5 Å². The van der Waals surface area contributed by atoms with Crippen LogP contribution in [0.3, 0.4) is 0 Å². The molecule has 8 heteroatoms. The molecule has 3 N–H and O–H groups in total. The number of hydrogen-bond acceptors (Lipinski definition) is 5. The van der Waals surface area contributed by atoms with Crippen molar-refractivity contribution in [3.63, 3.8) is 0 Å². The van der Waals surface area contributed by atoms with Crippen LogP contribution in [0.1, 0.15) is 23.2 Å². The number of nitrogens with two attached hydrogens (primary N) is 1. The summed E-state index contributed by atoms with van der Waals surface area (Å²) in [5, 5.41) is 3.15. The zero-order chi connectivity index (χ0) is 19.7. The summed E-state index contributed by atoms with van der Waals surface area (Å²) in [6.07, 6.45) is 1.15. The maximum Gasteiger partial charge on any atom is 0.416 e. The Kier molecular flexibility index (Phi) is 4.72. The molecule has 1 aromatic carbocycles. The lowest BCUT2D eigenvalue weighted by molar-refractivity contribution is -0.137. The van der Waals surface area contributed by atoms with Crippen LogP contribution in [0.4, 0.5) is 24.7 Å². The fourth-order valence-corrected chi connectivity index (χ4v) is 3.25. The summed E-state index contributed by atoms with van der Waals surface area (Å²) in [4.78, 5) is 13.3. The lowest BCUT2D eigenvalue weighted by Gasteiger charge is -2.24. The van der Waals surface area contributed by atoms with Gasteiger partial charge in [0, 0.05) is 40.9 Å². The van der Waals surface area contributed by atoms with Crippen LogP contribution in [-0.4, -0.2) is 21.0 Å². The number of alkyl halides is 3. The van der Waals surface area contributed by atoms with Crippen molar-refractivity contribution < 1.29 is 13.2 Å². The predicted molar refractivity (Wildman–Crippen MR) is 100.0 cm³/mol. The Morgan fingerprint density at radius 3 is 2.39 bits per heavy atom. The molecule has 2 aromatic heterocycles. The Bertz CT molecular complexity index is 972. The number of aryl methyl sites for hydroxylation is 1. The molecule has 0 fully saturated rings. The summed E-state index contributed by atoms with van der Waals surface area (Å²) in [6.45, 7) is 0. The van der Waals surface area contributed by atoms with E-state index in [1.165, 1.54) is 12.1 Å². The topological polar surface area (TPSA) is 76.7 Å². The maximum absolute atomic E-state index is 12.8. The van der Waals surface area contributed by atoms with Crippen LogP contribution < -0.4 is 11.1 Å². The van der Waals surface area contributed by atoms with Crippen molar-refractivity contribution in [2.24, 2.45) is 5.73 Å². The van der Waals surface area contributed by atoms with Crippen molar-refractivity contribution in [3.05, 3.63) is 65.6 Å². The van der Waals surface area contributed by atoms with Crippen LogP contribution in [0.25, 0.3) is 11.4 Å². The molecule has 2 heterocycles. The van der Waals surface area contributed by atoms with Crippen molar-refractivity contribution in [3.8, 4) is 11.4 Å². The van der Waals surface area contributed by atoms with E-state index >= 15 is 0 Å². The summed E-state index contributed by atoms with van der Waals surface area (Å²) in [7, 11) is 0. The minimum Gasteiger partial charge on any atom is -0.340 e. The minimum absolute atomic E-state index is 0.0102. The number of fused-ring (bicyclic) bond motifs is 1. The average Bonchev–Trinajstić information content (AvgIpc) is 2.68. The van der Waals surface area contributed by atoms with Gasteiger partial charge in [-0.2, -0.15) is 13.2 Å². The third-order valence-corrected chi connectivity index (χ3v) is 4.72. The van der Waals surface area contributed by atoms with E-state index < -0.39 is 11.7 Å². The third kappa shape index (κ3) is 3.82. The largest absolute Gasteiger partial charge is 0.416 e. The van der Waals surface area contributed by atoms with Crippen molar-refractivity contribution in [2.75, 3.05) is 5.32 Å². The molecular weight excluding hydrogens is 367 g/mol. The Balaban J connectivity index is 1.72. The highest BCUT2D eigenvalue weighted by Gasteiger charge is 2.30. The molecule has 1 aliphatic carbocycles. The maximum atomic E-state index is 12.8. The molecule has 0 spiro atoms. The average molecular weight is 385 g/mol. The van der Waals surface area contributed by atoms with E-state index in [1.807, 2.05) is 12.1 Å². The van der Waals surface area contributed by atoms with E-state index in [9.17, 15) is 13.2 Å². The van der Waals surface area contributed by atoms with Crippen LogP contribution >= 0.6 is 0 Å². The van der Waals surface area contributed by atoms with Crippen molar-refractivity contribution in [1.29, 1.82) is 0 Å². The third-order valence-electron chi connectivity index (χ3n) is 4.72. The van der Waals surface area contributed by atoms with Gasteiger partial charge < -0.3 is 11.1 Å². The summed E-state index contributed by atoms with van der Waals surface area (Å²) < 4.78 is 38.4. The van der Waals surface area contributed by atoms with Crippen molar-refractivity contribution in [1.82, 2.24) is 15.0 Å². The van der Waals surface area contributed by atoms with Gasteiger partial charge in [-0.25, -0.2) is 9.97 Å². The number of nitrogens with zero attached hydrogens (tertiary/aromatic N) is 3. The SMILES string of the molecule is NC1CCc2nc(-c3ccncc3)nc(Nc3ccc(C(F)(F)F)cc3)c2C1. The van der Waals surface area contributed by atoms with E-state index in [0.29, 0.717) is 23.8 Å². The molecule has 4 rings (SSSR count). The highest BCUT2D eigenvalue weighted by molar-refractivity contribution is 5.65. The Morgan fingerprint density at radius 2 is 1.71 bits per heavy atom. The molecule has 1 unspecified atom stereocenters. The molecule has 0 saturated heterocycles. The summed E-state index contributed by atoms with van der Waals surface area (Å²) >= 11 is 0. The van der Waals surface area contributed by atoms with Crippen LogP contribution in [-0.2, 0) is 19.0 Å². The highest BCUT2D eigenvalue weighted by atomic mass is 19.4. The lowest BCUT2D eigenvalue weighted by Crippen LogP contribution is -2.29. The summed E-state index contributed by atoms with van der Waals surface area (Å²) in [6, 6.07) is 8.53. The van der Waals surface area contributed by atoms with E-state index in [-0.39, 0.29) is 6.04 Å². The molecule has 3 aromatic rings. The van der Waals surface area contributed by atoms with E-state index in [4.69, 9.17) is 5.73 Å². The number of halogens is 3. The predicted octanol–water partition coefficient (Wildman–Crippen LogP) is 4.12. The fraction of sp³-hybridized carbons (Fsp3) is 0.250. The van der Waals surface area contributed by atoms with Crippen molar-refractivity contribution >= 4 is 11.5 Å². The number of benzene rings is 1. The second kappa shape index (κ2) is 7.20. The standard InChI is InChI=1S/C20H18F3N5/c21-20(22,23)13-1-4-15(5-2-13)26-19-16-11-14(24)3-6-17(16)27-18(28-19)12-7-9-25-10-8-12/h1-2,4-5,7-10,14H,3,6,11,24H2,(H,26,27,28). The smallest absolute Gasteiger partial charge is 0.340 e. The van der Waals surface area contributed by atoms with Gasteiger partial charge in [-0.05, 0) is 55.7 Å². The Hall–Kier alpha value is -3.00. The quantitative estimate of drug-likeness (QED) is 0.709. The molecule has 1 aliphatic rings. The summed E-state index contributed by atoms with van der Waals surface area (Å²) in [5.41, 5.74) is 8.59. The fourth-order valence-electron chi connectivity index (χ4n) is 3.25. The van der Waals surface area contributed by atoms with Gasteiger partial charge in [-0.3, -0.25) is 4.98 Å². The van der Waals surface area contributed by atoms with Gasteiger partial charge >= 0.3 is 6.18 Å². The first-order valence-corrected chi connectivity index (χ1v) is 8.90. The first-order chi connectivity index (χ1) is 13.4. The molecule has 0 radical (unpaired) electrons. The van der Waals surface area contributed by atoms with Gasteiger partial charge in [0.15, 0.2) is 5.82 Å². The van der Waals surface area contributed by atoms with E-state index in [0.717, 1.165) is 41.8 Å². The number of aromatic nitrogens is 3. The number of rotatable bonds is 3. The first kappa shape index (κ1) is 18.4. The number of hydrogen-bond donors (Lipinski definition) is 2. The van der Waals surface area contributed by atoms with Gasteiger partial charge in [-0.15, -0.1) is 0 Å². The second-order valence-corrected chi connectivity index (χ2v) is 6.76. The molecule has 0 amide bonds. The minimum atomic E-state index is -4.37. The monoisotopic (exact) mass is 385 g/mol. The van der Waals surface area contributed by atoms with Crippen LogP contribution in [0.15, 0.2) is 48.8 Å². The Labute approximate surface area is 159 Å². The molecule has 0 bridgehead atoms. The van der Waals surface area contributed by atoms with Crippen LogP contribution in [0.2, 0.25) is 0 Å². The normalized spacial score (nSPS) is 16.5. The van der Waals surface area contributed by atoms with E-state index in [1.54, 1.807) is 12.4 Å². The summed E-state index contributed by atoms with van der Waals surface area (Å²) in [5.74, 6) is 1.12. The molecular formula is C20H18F3N5. The number of pyridine rings is 1. The second-order valence-electron chi connectivity index (χ2n) is 6.76. The molecule has 1 atom stereocenters. The van der Waals surface area contributed by atoms with Crippen LogP contribution in [0.5, 0.6) is 0 Å². The van der Waals surface area contributed by atoms with Gasteiger partial charge in [0.2, 0.25) is 0 Å². The Morgan fingerprint density at radius 1 is 1.00 bits per heavy atom. The number of nitrogens with one attached hydrogen (secondary N) is 1. The first-order valence-electron chi connectivity index (χ1n) is 8.90. The zero-order valence-electron chi connectivity index (χ0n) is 14.9. The highest BCUT2D eigenvalue weighted by Crippen LogP contribution is 2.32. The molecule has 0 aliphatic heterocycles. The molecule has 0 saturated carbocycles. The lowest BCUT2D eigenvalue weighted by atomic mass is 9.92. The molecule has 28 heavy (non-hydrogen) atoms. The van der Waals surface area contributed by atoms with Crippen LogP contribution in [0, 0.1) is 0 Å².